The fourth-order valence-corrected chi connectivity index (χ4v) is 2.12. The van der Waals surface area contributed by atoms with E-state index in [2.05, 4.69) is 23.7 Å². The molecule has 0 saturated heterocycles. The van der Waals surface area contributed by atoms with Crippen LogP contribution < -0.4 is 15.8 Å². The van der Waals surface area contributed by atoms with E-state index in [9.17, 15) is 0 Å². The van der Waals surface area contributed by atoms with Crippen LogP contribution in [0.15, 0.2) is 23.4 Å². The number of nitrogens with two attached hydrogens (primary N) is 1. The van der Waals surface area contributed by atoms with Gasteiger partial charge in [-0.25, -0.2) is 0 Å². The Kier molecular flexibility index (Phi) is 7.25. The van der Waals surface area contributed by atoms with Gasteiger partial charge in [0.15, 0.2) is 5.84 Å². The maximum atomic E-state index is 8.72. The van der Waals surface area contributed by atoms with E-state index in [1.807, 2.05) is 23.9 Å². The number of hydrogen-bond donors (Lipinski definition) is 3. The van der Waals surface area contributed by atoms with E-state index in [1.54, 1.807) is 13.2 Å². The second-order valence-corrected chi connectivity index (χ2v) is 5.81. The predicted molar refractivity (Wildman–Crippen MR) is 84.8 cm³/mol. The first-order valence-corrected chi connectivity index (χ1v) is 7.79. The second-order valence-electron chi connectivity index (χ2n) is 4.53. The summed E-state index contributed by atoms with van der Waals surface area (Å²) >= 11 is 1.87. The first-order valence-electron chi connectivity index (χ1n) is 6.50. The van der Waals surface area contributed by atoms with Crippen molar-refractivity contribution in [2.45, 2.75) is 25.1 Å². The van der Waals surface area contributed by atoms with Crippen LogP contribution in [0.25, 0.3) is 0 Å². The lowest BCUT2D eigenvalue weighted by Gasteiger charge is -2.11. The summed E-state index contributed by atoms with van der Waals surface area (Å²) in [6, 6.07) is 5.65. The number of oxime groups is 1. The largest absolute Gasteiger partial charge is 0.496 e. The summed E-state index contributed by atoms with van der Waals surface area (Å²) in [5.41, 5.74) is 7.29. The molecule has 1 aromatic rings. The van der Waals surface area contributed by atoms with E-state index < -0.39 is 0 Å². The van der Waals surface area contributed by atoms with Gasteiger partial charge < -0.3 is 21.0 Å². The average Bonchev–Trinajstić information content (AvgIpc) is 2.50. The third-order valence-corrected chi connectivity index (χ3v) is 4.15. The van der Waals surface area contributed by atoms with Crippen LogP contribution in [0.1, 0.15) is 24.5 Å². The highest BCUT2D eigenvalue weighted by Crippen LogP contribution is 2.20. The molecule has 6 heteroatoms. The summed E-state index contributed by atoms with van der Waals surface area (Å²) in [6.45, 7) is 3.97. The fraction of sp³-hybridized carbons (Fsp3) is 0.500. The maximum absolute atomic E-state index is 8.72. The number of rotatable bonds is 8. The van der Waals surface area contributed by atoms with Crippen LogP contribution in [0, 0.1) is 0 Å². The van der Waals surface area contributed by atoms with Crippen molar-refractivity contribution >= 4 is 17.6 Å². The van der Waals surface area contributed by atoms with Crippen molar-refractivity contribution in [1.82, 2.24) is 5.32 Å². The number of benzene rings is 1. The van der Waals surface area contributed by atoms with E-state index in [0.29, 0.717) is 16.6 Å². The molecule has 1 atom stereocenters. The van der Waals surface area contributed by atoms with Gasteiger partial charge in [0, 0.05) is 11.8 Å². The normalized spacial score (nSPS) is 13.2. The maximum Gasteiger partial charge on any atom is 0.173 e. The molecule has 5 nitrogen and oxygen atoms in total. The zero-order valence-electron chi connectivity index (χ0n) is 12.2. The van der Waals surface area contributed by atoms with Gasteiger partial charge in [0.25, 0.3) is 0 Å². The van der Waals surface area contributed by atoms with Crippen molar-refractivity contribution in [3.05, 3.63) is 29.3 Å². The predicted octanol–water partition coefficient (Wildman–Crippen LogP) is 2.02. The van der Waals surface area contributed by atoms with Crippen LogP contribution in [0.5, 0.6) is 5.75 Å². The van der Waals surface area contributed by atoms with Gasteiger partial charge in [-0.05, 0) is 36.9 Å². The molecule has 0 radical (unpaired) electrons. The van der Waals surface area contributed by atoms with Gasteiger partial charge in [-0.3, -0.25) is 0 Å². The Balaban J connectivity index is 2.60. The lowest BCUT2D eigenvalue weighted by Crippen LogP contribution is -2.18. The van der Waals surface area contributed by atoms with Crippen molar-refractivity contribution in [2.24, 2.45) is 10.9 Å². The Labute approximate surface area is 124 Å². The molecule has 1 rings (SSSR count). The van der Waals surface area contributed by atoms with Gasteiger partial charge in [-0.2, -0.15) is 11.8 Å². The first kappa shape index (κ1) is 16.7. The van der Waals surface area contributed by atoms with Crippen molar-refractivity contribution < 1.29 is 9.94 Å². The molecule has 0 aliphatic heterocycles. The summed E-state index contributed by atoms with van der Waals surface area (Å²) in [4.78, 5) is 0. The van der Waals surface area contributed by atoms with E-state index in [-0.39, 0.29) is 5.84 Å². The third-order valence-electron chi connectivity index (χ3n) is 3.11. The topological polar surface area (TPSA) is 79.9 Å². The van der Waals surface area contributed by atoms with Crippen LogP contribution in [0.2, 0.25) is 0 Å². The highest BCUT2D eigenvalue weighted by atomic mass is 32.2. The summed E-state index contributed by atoms with van der Waals surface area (Å²) < 4.78 is 5.27. The van der Waals surface area contributed by atoms with Crippen LogP contribution in [0.3, 0.4) is 0 Å². The Bertz CT molecular complexity index is 452. The lowest BCUT2D eigenvalue weighted by molar-refractivity contribution is 0.318. The molecule has 1 unspecified atom stereocenters. The van der Waals surface area contributed by atoms with Crippen LogP contribution in [-0.2, 0) is 6.54 Å². The quantitative estimate of drug-likeness (QED) is 0.225. The number of hydrogen-bond acceptors (Lipinski definition) is 5. The van der Waals surface area contributed by atoms with Crippen molar-refractivity contribution in [1.29, 1.82) is 0 Å². The van der Waals surface area contributed by atoms with Gasteiger partial charge in [-0.1, -0.05) is 18.1 Å². The molecule has 20 heavy (non-hydrogen) atoms. The molecule has 0 bridgehead atoms. The van der Waals surface area contributed by atoms with E-state index in [1.165, 1.54) is 0 Å². The van der Waals surface area contributed by atoms with Crippen molar-refractivity contribution in [3.8, 4) is 5.75 Å². The molecule has 0 aromatic heterocycles. The zero-order valence-corrected chi connectivity index (χ0v) is 13.0. The standard InChI is InChI=1S/C14H23N3O2S/c1-10(20-3)6-7-16-9-11-4-5-12(14(15)17-18)13(8-11)19-2/h4-5,8,10,16,18H,6-7,9H2,1-3H3,(H2,15,17). The minimum absolute atomic E-state index is 0.0511. The van der Waals surface area contributed by atoms with Gasteiger partial charge in [0.2, 0.25) is 0 Å². The summed E-state index contributed by atoms with van der Waals surface area (Å²) in [6.07, 6.45) is 3.27. The molecule has 1 aromatic carbocycles. The smallest absolute Gasteiger partial charge is 0.173 e. The Morgan fingerprint density at radius 2 is 2.30 bits per heavy atom. The summed E-state index contributed by atoms with van der Waals surface area (Å²) in [7, 11) is 1.57. The molecule has 0 aliphatic carbocycles. The minimum Gasteiger partial charge on any atom is -0.496 e. The molecule has 4 N–H and O–H groups in total. The number of nitrogens with one attached hydrogen (secondary N) is 1. The van der Waals surface area contributed by atoms with E-state index >= 15 is 0 Å². The van der Waals surface area contributed by atoms with Gasteiger partial charge in [0.1, 0.15) is 5.75 Å². The number of ether oxygens (including phenoxy) is 1. The van der Waals surface area contributed by atoms with Gasteiger partial charge >= 0.3 is 0 Å². The summed E-state index contributed by atoms with van der Waals surface area (Å²) in [5.74, 6) is 0.659. The van der Waals surface area contributed by atoms with Crippen LogP contribution >= 0.6 is 11.8 Å². The SMILES string of the molecule is COc1cc(CNCCC(C)SC)ccc1/C(N)=N/O. The highest BCUT2D eigenvalue weighted by molar-refractivity contribution is 7.99. The number of methoxy groups -OCH3 is 1. The average molecular weight is 297 g/mol. The molecule has 0 spiro atoms. The number of thioether (sulfide) groups is 1. The minimum atomic E-state index is 0.0511. The molecule has 0 heterocycles. The van der Waals surface area contributed by atoms with Crippen molar-refractivity contribution in [3.63, 3.8) is 0 Å². The molecular formula is C14H23N3O2S. The highest BCUT2D eigenvalue weighted by Gasteiger charge is 2.08. The molecular weight excluding hydrogens is 274 g/mol. The molecule has 0 aliphatic rings. The van der Waals surface area contributed by atoms with Crippen molar-refractivity contribution in [2.75, 3.05) is 19.9 Å². The van der Waals surface area contributed by atoms with E-state index in [4.69, 9.17) is 15.7 Å². The number of nitrogens with zero attached hydrogens (tertiary/aromatic N) is 1. The zero-order chi connectivity index (χ0) is 15.0. The fourth-order valence-electron chi connectivity index (χ4n) is 1.77. The lowest BCUT2D eigenvalue weighted by atomic mass is 10.1. The number of amidine groups is 1. The summed E-state index contributed by atoms with van der Waals surface area (Å²) in [5, 5.41) is 15.8. The van der Waals surface area contributed by atoms with Gasteiger partial charge in [0.05, 0.1) is 12.7 Å². The van der Waals surface area contributed by atoms with E-state index in [0.717, 1.165) is 25.1 Å². The Hall–Kier alpha value is -1.40. The molecule has 0 saturated carbocycles. The van der Waals surface area contributed by atoms with Crippen LogP contribution in [0.4, 0.5) is 0 Å². The monoisotopic (exact) mass is 297 g/mol. The molecule has 0 amide bonds. The third kappa shape index (κ3) is 4.94. The second kappa shape index (κ2) is 8.71. The first-order chi connectivity index (χ1) is 9.62. The molecule has 112 valence electrons. The molecule has 0 fully saturated rings. The Morgan fingerprint density at radius 3 is 2.90 bits per heavy atom. The Morgan fingerprint density at radius 1 is 1.55 bits per heavy atom. The van der Waals surface area contributed by atoms with Crippen LogP contribution in [-0.4, -0.2) is 36.2 Å². The van der Waals surface area contributed by atoms with Gasteiger partial charge in [-0.15, -0.1) is 0 Å².